The summed E-state index contributed by atoms with van der Waals surface area (Å²) < 4.78 is -0.0148. The minimum atomic E-state index is -0.0148. The van der Waals surface area contributed by atoms with E-state index >= 15 is 0 Å². The Bertz CT molecular complexity index is 475. The molecule has 0 fully saturated rings. The normalized spacial score (nSPS) is 10.9. The van der Waals surface area contributed by atoms with E-state index in [1.807, 2.05) is 13.0 Å². The lowest BCUT2D eigenvalue weighted by atomic mass is 10.0. The second-order valence-electron chi connectivity index (χ2n) is 4.43. The summed E-state index contributed by atoms with van der Waals surface area (Å²) in [6.07, 6.45) is 3.79. The zero-order valence-corrected chi connectivity index (χ0v) is 11.2. The van der Waals surface area contributed by atoms with Gasteiger partial charge in [0.2, 0.25) is 4.99 Å². The first-order valence-electron chi connectivity index (χ1n) is 5.52. The number of quaternary nitrogens is 1. The molecule has 90 valence electrons. The predicted octanol–water partition coefficient (Wildman–Crippen LogP) is 1.95. The third-order valence-electron chi connectivity index (χ3n) is 2.58. The zero-order valence-electron chi connectivity index (χ0n) is 10.4. The highest BCUT2D eigenvalue weighted by Gasteiger charge is 2.24. The van der Waals surface area contributed by atoms with Crippen molar-refractivity contribution < 1.29 is 9.59 Å². The number of hydrogen-bond acceptors (Lipinski definition) is 3. The van der Waals surface area contributed by atoms with E-state index in [1.165, 1.54) is 6.07 Å². The Balaban J connectivity index is 3.13. The highest BCUT2D eigenvalue weighted by Crippen LogP contribution is 2.20. The van der Waals surface area contributed by atoms with Gasteiger partial charge in [0.25, 0.3) is 0 Å². The van der Waals surface area contributed by atoms with Gasteiger partial charge in [0, 0.05) is 5.56 Å². The topological polar surface area (TPSA) is 46.8 Å². The van der Waals surface area contributed by atoms with E-state index in [0.717, 1.165) is 24.0 Å². The van der Waals surface area contributed by atoms with Gasteiger partial charge < -0.3 is 5.11 Å². The number of thiocarbonyl (C=S) groups is 1. The van der Waals surface area contributed by atoms with Crippen LogP contribution in [0, 0.1) is 11.5 Å². The number of nitrogens with zero attached hydrogens (tertiary/aromatic N) is 2. The summed E-state index contributed by atoms with van der Waals surface area (Å²) in [5.41, 5.74) is 1.56. The molecule has 0 amide bonds. The van der Waals surface area contributed by atoms with Crippen LogP contribution in [0.2, 0.25) is 0 Å². The van der Waals surface area contributed by atoms with Crippen LogP contribution in [0.1, 0.15) is 24.5 Å². The fraction of sp³-hybridized carbons (Fsp3) is 0.385. The molecule has 0 aliphatic carbocycles. The first-order chi connectivity index (χ1) is 7.92. The van der Waals surface area contributed by atoms with Gasteiger partial charge in [0.1, 0.15) is 0 Å². The Morgan fingerprint density at radius 3 is 2.65 bits per heavy atom. The lowest BCUT2D eigenvalue weighted by Gasteiger charge is -2.20. The maximum Gasteiger partial charge on any atom is 0.314 e. The van der Waals surface area contributed by atoms with E-state index in [9.17, 15) is 5.11 Å². The van der Waals surface area contributed by atoms with Crippen molar-refractivity contribution in [2.75, 3.05) is 14.1 Å². The van der Waals surface area contributed by atoms with Gasteiger partial charge in [0.05, 0.1) is 14.1 Å². The van der Waals surface area contributed by atoms with Crippen LogP contribution in [0.3, 0.4) is 0 Å². The fourth-order valence-corrected chi connectivity index (χ4v) is 1.71. The molecule has 0 aliphatic rings. The molecule has 0 bridgehead atoms. The van der Waals surface area contributed by atoms with Gasteiger partial charge in [-0.15, -0.1) is 11.0 Å². The molecule has 17 heavy (non-hydrogen) atoms. The van der Waals surface area contributed by atoms with Crippen LogP contribution in [-0.4, -0.2) is 23.6 Å². The van der Waals surface area contributed by atoms with Gasteiger partial charge in [-0.05, 0) is 30.8 Å². The molecular formula is C13H16N2OS. The maximum atomic E-state index is 11.6. The van der Waals surface area contributed by atoms with Crippen molar-refractivity contribution in [1.82, 2.24) is 0 Å². The Morgan fingerprint density at radius 1 is 1.47 bits per heavy atom. The predicted molar refractivity (Wildman–Crippen MR) is 69.3 cm³/mol. The SMILES string of the molecule is CCCc1cc(C(=S)[N+](C)(C)C#N)ccc1[O-]. The van der Waals surface area contributed by atoms with Gasteiger partial charge >= 0.3 is 6.19 Å². The lowest BCUT2D eigenvalue weighted by molar-refractivity contribution is -0.723. The molecule has 4 heteroatoms. The maximum absolute atomic E-state index is 11.6. The number of rotatable bonds is 3. The highest BCUT2D eigenvalue weighted by molar-refractivity contribution is 7.80. The van der Waals surface area contributed by atoms with Crippen molar-refractivity contribution in [3.8, 4) is 11.9 Å². The molecule has 0 unspecified atom stereocenters. The van der Waals surface area contributed by atoms with E-state index in [1.54, 1.807) is 20.2 Å². The second kappa shape index (κ2) is 5.26. The van der Waals surface area contributed by atoms with Gasteiger partial charge in [-0.2, -0.15) is 4.48 Å². The van der Waals surface area contributed by atoms with E-state index in [2.05, 4.69) is 6.19 Å². The Hall–Kier alpha value is -1.44. The molecule has 3 nitrogen and oxygen atoms in total. The molecule has 0 radical (unpaired) electrons. The minimum absolute atomic E-state index is 0.0148. The molecule has 1 aromatic rings. The molecule has 0 atom stereocenters. The third-order valence-corrected chi connectivity index (χ3v) is 3.28. The first kappa shape index (κ1) is 13.6. The molecule has 0 aromatic heterocycles. The van der Waals surface area contributed by atoms with E-state index in [4.69, 9.17) is 17.5 Å². The molecule has 0 spiro atoms. The largest absolute Gasteiger partial charge is 0.872 e. The summed E-state index contributed by atoms with van der Waals surface area (Å²) >= 11 is 5.29. The van der Waals surface area contributed by atoms with E-state index in [0.29, 0.717) is 4.99 Å². The highest BCUT2D eigenvalue weighted by atomic mass is 32.1. The molecule has 1 aromatic carbocycles. The van der Waals surface area contributed by atoms with Gasteiger partial charge in [-0.25, -0.2) is 0 Å². The van der Waals surface area contributed by atoms with Crippen LogP contribution in [0.25, 0.3) is 0 Å². The van der Waals surface area contributed by atoms with Crippen molar-refractivity contribution in [1.29, 1.82) is 5.26 Å². The average Bonchev–Trinajstić information content (AvgIpc) is 2.31. The van der Waals surface area contributed by atoms with Crippen molar-refractivity contribution in [3.05, 3.63) is 29.3 Å². The molecule has 0 N–H and O–H groups in total. The van der Waals surface area contributed by atoms with Crippen molar-refractivity contribution in [2.24, 2.45) is 0 Å². The molecule has 0 saturated carbocycles. The van der Waals surface area contributed by atoms with Crippen molar-refractivity contribution in [2.45, 2.75) is 19.8 Å². The minimum Gasteiger partial charge on any atom is -0.872 e. The molecule has 0 saturated heterocycles. The molecule has 0 heterocycles. The summed E-state index contributed by atoms with van der Waals surface area (Å²) in [7, 11) is 3.46. The molecule has 1 rings (SSSR count). The summed E-state index contributed by atoms with van der Waals surface area (Å²) in [5, 5.41) is 20.6. The van der Waals surface area contributed by atoms with E-state index < -0.39 is 0 Å². The van der Waals surface area contributed by atoms with Crippen LogP contribution < -0.4 is 5.11 Å². The van der Waals surface area contributed by atoms with Gasteiger partial charge in [-0.3, -0.25) is 0 Å². The average molecular weight is 248 g/mol. The Labute approximate surface area is 108 Å². The summed E-state index contributed by atoms with van der Waals surface area (Å²) in [5.74, 6) is 0.0423. The molecule has 0 aliphatic heterocycles. The van der Waals surface area contributed by atoms with Crippen LogP contribution in [0.15, 0.2) is 18.2 Å². The number of hydrogen-bond donors (Lipinski definition) is 0. The van der Waals surface area contributed by atoms with Gasteiger partial charge in [-0.1, -0.05) is 25.0 Å². The first-order valence-corrected chi connectivity index (χ1v) is 5.93. The Morgan fingerprint density at radius 2 is 2.12 bits per heavy atom. The van der Waals surface area contributed by atoms with Crippen LogP contribution >= 0.6 is 12.2 Å². The summed E-state index contributed by atoms with van der Waals surface area (Å²) in [6.45, 7) is 2.03. The number of benzene rings is 1. The number of nitriles is 1. The smallest absolute Gasteiger partial charge is 0.314 e. The second-order valence-corrected chi connectivity index (χ2v) is 4.82. The summed E-state index contributed by atoms with van der Waals surface area (Å²) in [4.78, 5) is 0.532. The van der Waals surface area contributed by atoms with Crippen LogP contribution in [-0.2, 0) is 6.42 Å². The van der Waals surface area contributed by atoms with Crippen molar-refractivity contribution >= 4 is 17.2 Å². The lowest BCUT2D eigenvalue weighted by Crippen LogP contribution is -2.39. The van der Waals surface area contributed by atoms with Crippen LogP contribution in [0.4, 0.5) is 0 Å². The Kier molecular flexibility index (Phi) is 4.22. The van der Waals surface area contributed by atoms with Crippen molar-refractivity contribution in [3.63, 3.8) is 0 Å². The summed E-state index contributed by atoms with van der Waals surface area (Å²) in [6, 6.07) is 5.04. The quantitative estimate of drug-likeness (QED) is 0.466. The van der Waals surface area contributed by atoms with E-state index in [-0.39, 0.29) is 10.2 Å². The fourth-order valence-electron chi connectivity index (χ4n) is 1.55. The van der Waals surface area contributed by atoms with Gasteiger partial charge in [0.15, 0.2) is 0 Å². The standard InChI is InChI=1S/C13H16N2OS/c1-4-5-10-8-11(6-7-12(10)16)13(17)15(2,3)9-14/h6-8H,4-5H2,1-3H3. The van der Waals surface area contributed by atoms with Crippen LogP contribution in [0.5, 0.6) is 5.75 Å². The monoisotopic (exact) mass is 248 g/mol. The zero-order chi connectivity index (χ0) is 13.1. The molecular weight excluding hydrogens is 232 g/mol. The third kappa shape index (κ3) is 3.02. The number of aryl methyl sites for hydroxylation is 1.